The maximum atomic E-state index is 11.4. The van der Waals surface area contributed by atoms with Crippen LogP contribution in [0.5, 0.6) is 0 Å². The van der Waals surface area contributed by atoms with E-state index in [1.54, 1.807) is 6.07 Å². The number of rotatable bonds is 4. The number of carbonyl (C=O) groups is 1. The number of methoxy groups -OCH3 is 1. The van der Waals surface area contributed by atoms with E-state index in [-0.39, 0.29) is 22.6 Å². The van der Waals surface area contributed by atoms with Crippen LogP contribution in [-0.2, 0) is 4.74 Å². The van der Waals surface area contributed by atoms with Gasteiger partial charge in [-0.2, -0.15) is 0 Å². The summed E-state index contributed by atoms with van der Waals surface area (Å²) in [6.07, 6.45) is 0. The highest BCUT2D eigenvalue weighted by molar-refractivity contribution is 5.86. The lowest BCUT2D eigenvalue weighted by atomic mass is 10.0. The zero-order valence-corrected chi connectivity index (χ0v) is 12.5. The van der Waals surface area contributed by atoms with Crippen LogP contribution in [0.1, 0.15) is 57.0 Å². The zero-order valence-electron chi connectivity index (χ0n) is 12.5. The number of esters is 1. The second-order valence-electron chi connectivity index (χ2n) is 6.46. The maximum absolute atomic E-state index is 11.4. The molecule has 0 amide bonds. The van der Waals surface area contributed by atoms with E-state index in [2.05, 4.69) is 37.7 Å². The van der Waals surface area contributed by atoms with Crippen molar-refractivity contribution in [2.75, 3.05) is 7.11 Å². The van der Waals surface area contributed by atoms with Gasteiger partial charge in [-0.1, -0.05) is 27.7 Å². The van der Waals surface area contributed by atoms with E-state index in [0.717, 1.165) is 5.76 Å². The summed E-state index contributed by atoms with van der Waals surface area (Å²) < 4.78 is 10.2. The predicted molar refractivity (Wildman–Crippen MR) is 72.9 cm³/mol. The van der Waals surface area contributed by atoms with Crippen LogP contribution in [0.25, 0.3) is 0 Å². The first-order chi connectivity index (χ1) is 8.71. The Kier molecular flexibility index (Phi) is 3.25. The number of nitrogens with one attached hydrogen (secondary N) is 1. The fourth-order valence-corrected chi connectivity index (χ4v) is 2.74. The van der Waals surface area contributed by atoms with Crippen LogP contribution in [-0.4, -0.2) is 19.1 Å². The molecule has 2 rings (SSSR count). The molecule has 4 nitrogen and oxygen atoms in total. The molecule has 1 aromatic heterocycles. The minimum absolute atomic E-state index is 0.0736. The minimum atomic E-state index is -0.439. The minimum Gasteiger partial charge on any atom is -0.463 e. The van der Waals surface area contributed by atoms with Crippen molar-refractivity contribution in [2.45, 2.75) is 46.7 Å². The molecule has 1 saturated carbocycles. The highest BCUT2D eigenvalue weighted by Gasteiger charge is 2.64. The fourth-order valence-electron chi connectivity index (χ4n) is 2.74. The molecule has 1 heterocycles. The van der Waals surface area contributed by atoms with E-state index < -0.39 is 5.97 Å². The van der Waals surface area contributed by atoms with Gasteiger partial charge in [0.25, 0.3) is 0 Å². The van der Waals surface area contributed by atoms with Crippen LogP contribution in [0.2, 0.25) is 0 Å². The van der Waals surface area contributed by atoms with Gasteiger partial charge in [-0.15, -0.1) is 0 Å². The molecule has 0 spiro atoms. The predicted octanol–water partition coefficient (Wildman–Crippen LogP) is 3.15. The average molecular weight is 265 g/mol. The summed E-state index contributed by atoms with van der Waals surface area (Å²) in [6.45, 7) is 11.1. The Hall–Kier alpha value is -1.29. The summed E-state index contributed by atoms with van der Waals surface area (Å²) >= 11 is 0. The Bertz CT molecular complexity index is 473. The number of hydrogen-bond acceptors (Lipinski definition) is 4. The van der Waals surface area contributed by atoms with E-state index in [1.165, 1.54) is 7.11 Å². The zero-order chi connectivity index (χ0) is 14.4. The van der Waals surface area contributed by atoms with Gasteiger partial charge in [-0.05, 0) is 29.9 Å². The largest absolute Gasteiger partial charge is 0.463 e. The Balaban J connectivity index is 2.04. The van der Waals surface area contributed by atoms with Crippen molar-refractivity contribution < 1.29 is 13.9 Å². The fraction of sp³-hybridized carbons (Fsp3) is 0.667. The smallest absolute Gasteiger partial charge is 0.373 e. The molecule has 1 aliphatic rings. The van der Waals surface area contributed by atoms with Gasteiger partial charge in [0.15, 0.2) is 0 Å². The third kappa shape index (κ3) is 2.18. The molecule has 0 saturated heterocycles. The SMILES string of the molecule is COC(=O)c1ccc(C(C)NC2C(C)(C)C2(C)C)o1. The monoisotopic (exact) mass is 265 g/mol. The molecule has 1 aromatic rings. The third-order valence-corrected chi connectivity index (χ3v) is 4.88. The Morgan fingerprint density at radius 3 is 2.37 bits per heavy atom. The average Bonchev–Trinajstić information content (AvgIpc) is 2.78. The van der Waals surface area contributed by atoms with E-state index in [0.29, 0.717) is 6.04 Å². The third-order valence-electron chi connectivity index (χ3n) is 4.88. The lowest BCUT2D eigenvalue weighted by Crippen LogP contribution is -2.25. The second-order valence-corrected chi connectivity index (χ2v) is 6.46. The number of hydrogen-bond donors (Lipinski definition) is 1. The first kappa shape index (κ1) is 14.1. The first-order valence-electron chi connectivity index (χ1n) is 6.66. The van der Waals surface area contributed by atoms with Crippen molar-refractivity contribution in [2.24, 2.45) is 10.8 Å². The molecule has 1 fully saturated rings. The summed E-state index contributed by atoms with van der Waals surface area (Å²) in [5.74, 6) is 0.574. The van der Waals surface area contributed by atoms with E-state index >= 15 is 0 Å². The Morgan fingerprint density at radius 1 is 1.32 bits per heavy atom. The van der Waals surface area contributed by atoms with Crippen LogP contribution in [0, 0.1) is 10.8 Å². The lowest BCUT2D eigenvalue weighted by Gasteiger charge is -2.13. The molecule has 0 aromatic carbocycles. The molecule has 4 heteroatoms. The number of carbonyl (C=O) groups excluding carboxylic acids is 1. The summed E-state index contributed by atoms with van der Waals surface area (Å²) in [7, 11) is 1.35. The first-order valence-corrected chi connectivity index (χ1v) is 6.66. The van der Waals surface area contributed by atoms with Crippen molar-refractivity contribution in [1.82, 2.24) is 5.32 Å². The molecule has 0 radical (unpaired) electrons. The van der Waals surface area contributed by atoms with Crippen LogP contribution in [0.15, 0.2) is 16.5 Å². The molecular formula is C15H23NO3. The highest BCUT2D eigenvalue weighted by atomic mass is 16.5. The molecule has 1 aliphatic carbocycles. The van der Waals surface area contributed by atoms with Gasteiger partial charge in [0, 0.05) is 6.04 Å². The Labute approximate surface area is 114 Å². The molecule has 0 bridgehead atoms. The van der Waals surface area contributed by atoms with Crippen molar-refractivity contribution in [3.8, 4) is 0 Å². The molecule has 1 N–H and O–H groups in total. The van der Waals surface area contributed by atoms with Gasteiger partial charge >= 0.3 is 5.97 Å². The molecule has 19 heavy (non-hydrogen) atoms. The van der Waals surface area contributed by atoms with Gasteiger partial charge in [-0.3, -0.25) is 0 Å². The Morgan fingerprint density at radius 2 is 1.89 bits per heavy atom. The van der Waals surface area contributed by atoms with Crippen molar-refractivity contribution >= 4 is 5.97 Å². The quantitative estimate of drug-likeness (QED) is 0.850. The van der Waals surface area contributed by atoms with Gasteiger partial charge in [0.05, 0.1) is 13.2 Å². The van der Waals surface area contributed by atoms with Crippen molar-refractivity contribution in [3.63, 3.8) is 0 Å². The van der Waals surface area contributed by atoms with Crippen molar-refractivity contribution in [3.05, 3.63) is 23.7 Å². The number of ether oxygens (including phenoxy) is 1. The summed E-state index contributed by atoms with van der Waals surface area (Å²) in [6, 6.07) is 4.00. The van der Waals surface area contributed by atoms with Gasteiger partial charge in [0.2, 0.25) is 5.76 Å². The summed E-state index contributed by atoms with van der Waals surface area (Å²) in [4.78, 5) is 11.4. The van der Waals surface area contributed by atoms with Gasteiger partial charge in [-0.25, -0.2) is 4.79 Å². The standard InChI is InChI=1S/C15H23NO3/c1-9(16-13-14(2,3)15(13,4)5)10-7-8-11(19-10)12(17)18-6/h7-9,13,16H,1-6H3. The lowest BCUT2D eigenvalue weighted by molar-refractivity contribution is 0.0562. The molecular weight excluding hydrogens is 242 g/mol. The number of furan rings is 1. The normalized spacial score (nSPS) is 22.0. The van der Waals surface area contributed by atoms with E-state index in [1.807, 2.05) is 13.0 Å². The summed E-state index contributed by atoms with van der Waals surface area (Å²) in [5, 5.41) is 3.58. The topological polar surface area (TPSA) is 51.5 Å². The van der Waals surface area contributed by atoms with Gasteiger partial charge in [0.1, 0.15) is 5.76 Å². The van der Waals surface area contributed by atoms with Crippen molar-refractivity contribution in [1.29, 1.82) is 0 Å². The highest BCUT2D eigenvalue weighted by Crippen LogP contribution is 2.63. The van der Waals surface area contributed by atoms with Crippen LogP contribution < -0.4 is 5.32 Å². The summed E-state index contributed by atoms with van der Waals surface area (Å²) in [5.41, 5.74) is 0.554. The molecule has 0 aliphatic heterocycles. The molecule has 1 atom stereocenters. The van der Waals surface area contributed by atoms with Gasteiger partial charge < -0.3 is 14.5 Å². The van der Waals surface area contributed by atoms with Crippen LogP contribution in [0.3, 0.4) is 0 Å². The van der Waals surface area contributed by atoms with E-state index in [4.69, 9.17) is 4.42 Å². The maximum Gasteiger partial charge on any atom is 0.373 e. The molecule has 106 valence electrons. The van der Waals surface area contributed by atoms with E-state index in [9.17, 15) is 4.79 Å². The second kappa shape index (κ2) is 4.37. The van der Waals surface area contributed by atoms with Crippen LogP contribution >= 0.6 is 0 Å². The van der Waals surface area contributed by atoms with Crippen LogP contribution in [0.4, 0.5) is 0 Å². The molecule has 1 unspecified atom stereocenters.